The van der Waals surface area contributed by atoms with Crippen LogP contribution in [0.4, 0.5) is 4.79 Å². The molecule has 27 heavy (non-hydrogen) atoms. The van der Waals surface area contributed by atoms with Gasteiger partial charge in [0.25, 0.3) is 0 Å². The second-order valence-electron chi connectivity index (χ2n) is 7.73. The van der Waals surface area contributed by atoms with E-state index in [0.29, 0.717) is 6.61 Å². The van der Waals surface area contributed by atoms with Crippen molar-refractivity contribution in [2.75, 3.05) is 12.0 Å². The van der Waals surface area contributed by atoms with E-state index in [1.54, 1.807) is 0 Å². The second kappa shape index (κ2) is 8.27. The molecule has 1 aromatic heterocycles. The highest BCUT2D eigenvalue weighted by molar-refractivity contribution is 6.76. The molecule has 0 spiro atoms. The summed E-state index contributed by atoms with van der Waals surface area (Å²) in [6.45, 7) is 7.24. The van der Waals surface area contributed by atoms with Gasteiger partial charge in [-0.1, -0.05) is 80.3 Å². The van der Waals surface area contributed by atoms with Crippen LogP contribution in [0, 0.1) is 0 Å². The molecule has 3 aromatic rings. The van der Waals surface area contributed by atoms with Crippen molar-refractivity contribution < 1.29 is 9.53 Å². The molecule has 0 unspecified atom stereocenters. The SMILES string of the molecule is C[Si](C)(C)CCOC(=O)Nn1c(-c2ccccc2)ccc1-c1ccccc1. The van der Waals surface area contributed by atoms with E-state index in [1.807, 2.05) is 77.5 Å². The number of nitrogens with zero attached hydrogens (tertiary/aromatic N) is 1. The van der Waals surface area contributed by atoms with Crippen molar-refractivity contribution in [1.82, 2.24) is 4.68 Å². The highest BCUT2D eigenvalue weighted by Gasteiger charge is 2.16. The van der Waals surface area contributed by atoms with Gasteiger partial charge in [0.1, 0.15) is 0 Å². The number of carbonyl (C=O) groups excluding carboxylic acids is 1. The van der Waals surface area contributed by atoms with E-state index >= 15 is 0 Å². The number of aromatic nitrogens is 1. The summed E-state index contributed by atoms with van der Waals surface area (Å²) in [7, 11) is -1.24. The van der Waals surface area contributed by atoms with Crippen molar-refractivity contribution in [2.24, 2.45) is 0 Å². The monoisotopic (exact) mass is 378 g/mol. The first kappa shape index (κ1) is 19.0. The fourth-order valence-electron chi connectivity index (χ4n) is 2.80. The Bertz CT molecular complexity index is 827. The summed E-state index contributed by atoms with van der Waals surface area (Å²) in [5.41, 5.74) is 6.80. The predicted octanol–water partition coefficient (Wildman–Crippen LogP) is 5.84. The van der Waals surface area contributed by atoms with Crippen molar-refractivity contribution in [1.29, 1.82) is 0 Å². The molecule has 0 aliphatic carbocycles. The van der Waals surface area contributed by atoms with E-state index in [2.05, 4.69) is 25.1 Å². The molecule has 4 nitrogen and oxygen atoms in total. The van der Waals surface area contributed by atoms with Gasteiger partial charge in [0.15, 0.2) is 0 Å². The molecule has 140 valence electrons. The minimum absolute atomic E-state index is 0.432. The summed E-state index contributed by atoms with van der Waals surface area (Å²) in [6.07, 6.45) is -0.432. The highest BCUT2D eigenvalue weighted by atomic mass is 28.3. The predicted molar refractivity (Wildman–Crippen MR) is 114 cm³/mol. The Balaban J connectivity index is 1.87. The zero-order valence-electron chi connectivity index (χ0n) is 16.1. The van der Waals surface area contributed by atoms with Crippen molar-refractivity contribution >= 4 is 14.2 Å². The molecule has 0 saturated carbocycles. The lowest BCUT2D eigenvalue weighted by Crippen LogP contribution is -2.28. The topological polar surface area (TPSA) is 43.3 Å². The maximum absolute atomic E-state index is 12.4. The summed E-state index contributed by atoms with van der Waals surface area (Å²) >= 11 is 0. The standard InChI is InChI=1S/C22H26N2O2Si/c1-27(2,3)17-16-26-22(25)23-24-20(18-10-6-4-7-11-18)14-15-21(24)19-12-8-5-9-13-19/h4-15H,16-17H2,1-3H3,(H,23,25). The van der Waals surface area contributed by atoms with Crippen LogP contribution in [0.3, 0.4) is 0 Å². The van der Waals surface area contributed by atoms with Gasteiger partial charge >= 0.3 is 6.09 Å². The molecular formula is C22H26N2O2Si. The first-order chi connectivity index (χ1) is 12.9. The number of carbonyl (C=O) groups is 1. The summed E-state index contributed by atoms with van der Waals surface area (Å²) in [5, 5.41) is 0. The third-order valence-corrected chi connectivity index (χ3v) is 6.01. The highest BCUT2D eigenvalue weighted by Crippen LogP contribution is 2.27. The molecule has 0 aliphatic heterocycles. The van der Waals surface area contributed by atoms with Gasteiger partial charge in [-0.2, -0.15) is 0 Å². The minimum atomic E-state index is -1.24. The lowest BCUT2D eigenvalue weighted by molar-refractivity contribution is 0.164. The van der Waals surface area contributed by atoms with Gasteiger partial charge in [-0.05, 0) is 18.2 Å². The molecule has 1 amide bonds. The number of benzene rings is 2. The van der Waals surface area contributed by atoms with Crippen LogP contribution >= 0.6 is 0 Å². The zero-order valence-corrected chi connectivity index (χ0v) is 17.1. The summed E-state index contributed by atoms with van der Waals surface area (Å²) in [5.74, 6) is 0. The third-order valence-electron chi connectivity index (χ3n) is 4.31. The van der Waals surface area contributed by atoms with Crippen LogP contribution in [-0.4, -0.2) is 25.5 Å². The maximum atomic E-state index is 12.4. The van der Waals surface area contributed by atoms with Gasteiger partial charge in [-0.25, -0.2) is 14.9 Å². The zero-order chi connectivity index (χ0) is 19.3. The van der Waals surface area contributed by atoms with Crippen molar-refractivity contribution in [2.45, 2.75) is 25.7 Å². The number of hydrogen-bond donors (Lipinski definition) is 1. The van der Waals surface area contributed by atoms with Crippen LogP contribution in [0.25, 0.3) is 22.5 Å². The van der Waals surface area contributed by atoms with Gasteiger partial charge in [0, 0.05) is 19.2 Å². The van der Waals surface area contributed by atoms with E-state index in [0.717, 1.165) is 28.6 Å². The molecule has 0 aliphatic rings. The molecule has 0 bridgehead atoms. The lowest BCUT2D eigenvalue weighted by atomic mass is 10.2. The van der Waals surface area contributed by atoms with Gasteiger partial charge in [0.2, 0.25) is 0 Å². The van der Waals surface area contributed by atoms with E-state index in [-0.39, 0.29) is 0 Å². The lowest BCUT2D eigenvalue weighted by Gasteiger charge is -2.18. The third kappa shape index (κ3) is 5.11. The molecular weight excluding hydrogens is 352 g/mol. The van der Waals surface area contributed by atoms with E-state index in [4.69, 9.17) is 4.74 Å². The summed E-state index contributed by atoms with van der Waals surface area (Å²) < 4.78 is 7.24. The fraction of sp³-hybridized carbons (Fsp3) is 0.227. The maximum Gasteiger partial charge on any atom is 0.426 e. The Hall–Kier alpha value is -2.79. The number of ether oxygens (including phenoxy) is 1. The molecule has 0 fully saturated rings. The van der Waals surface area contributed by atoms with E-state index < -0.39 is 14.2 Å². The van der Waals surface area contributed by atoms with Crippen LogP contribution in [-0.2, 0) is 4.74 Å². The Labute approximate surface area is 161 Å². The molecule has 3 rings (SSSR count). The second-order valence-corrected chi connectivity index (χ2v) is 13.4. The molecule has 0 radical (unpaired) electrons. The first-order valence-corrected chi connectivity index (χ1v) is 12.9. The largest absolute Gasteiger partial charge is 0.449 e. The smallest absolute Gasteiger partial charge is 0.426 e. The molecule has 0 saturated heterocycles. The minimum Gasteiger partial charge on any atom is -0.449 e. The first-order valence-electron chi connectivity index (χ1n) is 9.20. The molecule has 1 N–H and O–H groups in total. The average Bonchev–Trinajstić information content (AvgIpc) is 3.05. The van der Waals surface area contributed by atoms with Gasteiger partial charge < -0.3 is 4.74 Å². The molecule has 1 heterocycles. The quantitative estimate of drug-likeness (QED) is 0.548. The number of rotatable bonds is 6. The average molecular weight is 379 g/mol. The summed E-state index contributed by atoms with van der Waals surface area (Å²) in [4.78, 5) is 12.4. The number of amides is 1. The van der Waals surface area contributed by atoms with Crippen molar-refractivity contribution in [3.8, 4) is 22.5 Å². The Morgan fingerprint density at radius 3 is 1.78 bits per heavy atom. The normalized spacial score (nSPS) is 11.2. The van der Waals surface area contributed by atoms with Crippen molar-refractivity contribution in [3.05, 3.63) is 72.8 Å². The van der Waals surface area contributed by atoms with E-state index in [9.17, 15) is 4.79 Å². The molecule has 5 heteroatoms. The van der Waals surface area contributed by atoms with Crippen LogP contribution in [0.5, 0.6) is 0 Å². The van der Waals surface area contributed by atoms with Crippen LogP contribution in [0.15, 0.2) is 72.8 Å². The number of hydrogen-bond acceptors (Lipinski definition) is 2. The molecule has 0 atom stereocenters. The van der Waals surface area contributed by atoms with E-state index in [1.165, 1.54) is 0 Å². The fourth-order valence-corrected chi connectivity index (χ4v) is 3.51. The van der Waals surface area contributed by atoms with Gasteiger partial charge in [-0.15, -0.1) is 0 Å². The Morgan fingerprint density at radius 1 is 0.852 bits per heavy atom. The van der Waals surface area contributed by atoms with Crippen LogP contribution < -0.4 is 5.43 Å². The van der Waals surface area contributed by atoms with Crippen LogP contribution in [0.2, 0.25) is 25.7 Å². The van der Waals surface area contributed by atoms with Gasteiger partial charge in [0.05, 0.1) is 18.0 Å². The number of nitrogens with one attached hydrogen (secondary N) is 1. The van der Waals surface area contributed by atoms with Gasteiger partial charge in [-0.3, -0.25) is 0 Å². The Morgan fingerprint density at radius 2 is 1.33 bits per heavy atom. The molecule has 2 aromatic carbocycles. The summed E-state index contributed by atoms with van der Waals surface area (Å²) in [6, 6.07) is 25.0. The van der Waals surface area contributed by atoms with Crippen LogP contribution in [0.1, 0.15) is 0 Å². The van der Waals surface area contributed by atoms with Crippen molar-refractivity contribution in [3.63, 3.8) is 0 Å². The Kier molecular flexibility index (Phi) is 5.81.